The van der Waals surface area contributed by atoms with Gasteiger partial charge in [-0.2, -0.15) is 0 Å². The van der Waals surface area contributed by atoms with Gasteiger partial charge in [-0.1, -0.05) is 6.07 Å². The minimum absolute atomic E-state index is 0.730. The number of benzene rings is 1. The fourth-order valence-corrected chi connectivity index (χ4v) is 2.67. The molecule has 0 unspecified atom stereocenters. The zero-order chi connectivity index (χ0) is 12.4. The number of hydrogen-bond acceptors (Lipinski definition) is 2. The Hall–Kier alpha value is -1.02. The van der Waals surface area contributed by atoms with Crippen LogP contribution in [-0.2, 0) is 0 Å². The lowest BCUT2D eigenvalue weighted by atomic mass is 9.87. The van der Waals surface area contributed by atoms with Crippen LogP contribution in [0.5, 0.6) is 0 Å². The van der Waals surface area contributed by atoms with Crippen LogP contribution in [0.25, 0.3) is 0 Å². The van der Waals surface area contributed by atoms with Gasteiger partial charge < -0.3 is 10.2 Å². The van der Waals surface area contributed by atoms with Gasteiger partial charge in [0.2, 0.25) is 0 Å². The van der Waals surface area contributed by atoms with Crippen LogP contribution in [0.15, 0.2) is 12.1 Å². The maximum atomic E-state index is 3.45. The zero-order valence-corrected chi connectivity index (χ0v) is 11.5. The van der Waals surface area contributed by atoms with Gasteiger partial charge in [-0.25, -0.2) is 0 Å². The number of piperidine rings is 1. The van der Waals surface area contributed by atoms with E-state index < -0.39 is 0 Å². The lowest BCUT2D eigenvalue weighted by Crippen LogP contribution is -2.27. The quantitative estimate of drug-likeness (QED) is 0.843. The first-order valence-corrected chi connectivity index (χ1v) is 6.59. The Morgan fingerprint density at radius 1 is 1.06 bits per heavy atom. The van der Waals surface area contributed by atoms with E-state index in [0.717, 1.165) is 19.0 Å². The molecule has 1 aliphatic rings. The van der Waals surface area contributed by atoms with Gasteiger partial charge in [0.1, 0.15) is 0 Å². The van der Waals surface area contributed by atoms with Crippen molar-refractivity contribution in [3.8, 4) is 0 Å². The summed E-state index contributed by atoms with van der Waals surface area (Å²) < 4.78 is 0. The van der Waals surface area contributed by atoms with E-state index in [0.29, 0.717) is 0 Å². The Labute approximate surface area is 105 Å². The first kappa shape index (κ1) is 12.4. The van der Waals surface area contributed by atoms with E-state index >= 15 is 0 Å². The van der Waals surface area contributed by atoms with E-state index in [2.05, 4.69) is 50.3 Å². The van der Waals surface area contributed by atoms with Crippen molar-refractivity contribution in [1.82, 2.24) is 5.32 Å². The van der Waals surface area contributed by atoms with Crippen molar-refractivity contribution in [1.29, 1.82) is 0 Å². The topological polar surface area (TPSA) is 15.3 Å². The van der Waals surface area contributed by atoms with Crippen molar-refractivity contribution < 1.29 is 0 Å². The lowest BCUT2D eigenvalue weighted by molar-refractivity contribution is 0.460. The van der Waals surface area contributed by atoms with E-state index in [1.807, 2.05) is 0 Å². The number of rotatable bonds is 2. The third-order valence-electron chi connectivity index (χ3n) is 3.90. The van der Waals surface area contributed by atoms with Crippen LogP contribution in [0.1, 0.15) is 35.4 Å². The van der Waals surface area contributed by atoms with Crippen LogP contribution < -0.4 is 10.2 Å². The molecular formula is C15H24N2. The summed E-state index contributed by atoms with van der Waals surface area (Å²) in [6, 6.07) is 4.74. The van der Waals surface area contributed by atoms with E-state index in [9.17, 15) is 0 Å². The summed E-state index contributed by atoms with van der Waals surface area (Å²) >= 11 is 0. The predicted octanol–water partition coefficient (Wildman–Crippen LogP) is 2.84. The van der Waals surface area contributed by atoms with Crippen molar-refractivity contribution >= 4 is 5.69 Å². The molecular weight excluding hydrogens is 208 g/mol. The molecule has 1 aliphatic heterocycles. The summed E-state index contributed by atoms with van der Waals surface area (Å²) in [4.78, 5) is 2.25. The molecule has 1 aromatic rings. The van der Waals surface area contributed by atoms with E-state index in [1.54, 1.807) is 5.56 Å². The minimum atomic E-state index is 0.730. The average Bonchev–Trinajstić information content (AvgIpc) is 2.33. The standard InChI is InChI=1S/C15H24N2/c1-11-9-14(13-5-7-16-8-6-13)15(17(3)4)10-12(11)2/h9-10,13,16H,5-8H2,1-4H3. The highest BCUT2D eigenvalue weighted by atomic mass is 15.1. The molecule has 0 aliphatic carbocycles. The largest absolute Gasteiger partial charge is 0.377 e. The highest BCUT2D eigenvalue weighted by molar-refractivity contribution is 5.58. The molecule has 0 radical (unpaired) electrons. The van der Waals surface area contributed by atoms with Gasteiger partial charge in [-0.15, -0.1) is 0 Å². The molecule has 1 fully saturated rings. The monoisotopic (exact) mass is 232 g/mol. The summed E-state index contributed by atoms with van der Waals surface area (Å²) in [6.45, 7) is 6.74. The second-order valence-electron chi connectivity index (χ2n) is 5.41. The van der Waals surface area contributed by atoms with Crippen molar-refractivity contribution in [3.63, 3.8) is 0 Å². The number of aryl methyl sites for hydroxylation is 2. The normalized spacial score (nSPS) is 17.2. The molecule has 94 valence electrons. The highest BCUT2D eigenvalue weighted by Crippen LogP contribution is 2.34. The molecule has 0 spiro atoms. The molecule has 2 nitrogen and oxygen atoms in total. The molecule has 0 saturated carbocycles. The Bertz CT molecular complexity index is 390. The summed E-state index contributed by atoms with van der Waals surface area (Å²) in [6.07, 6.45) is 2.53. The smallest absolute Gasteiger partial charge is 0.0399 e. The molecule has 2 heteroatoms. The van der Waals surface area contributed by atoms with E-state index in [1.165, 1.54) is 29.7 Å². The van der Waals surface area contributed by atoms with E-state index in [-0.39, 0.29) is 0 Å². The maximum absolute atomic E-state index is 3.45. The minimum Gasteiger partial charge on any atom is -0.377 e. The zero-order valence-electron chi connectivity index (χ0n) is 11.5. The fourth-order valence-electron chi connectivity index (χ4n) is 2.67. The SMILES string of the molecule is Cc1cc(C2CCNCC2)c(N(C)C)cc1C. The summed E-state index contributed by atoms with van der Waals surface area (Å²) in [7, 11) is 4.30. The van der Waals surface area contributed by atoms with Crippen LogP contribution >= 0.6 is 0 Å². The van der Waals surface area contributed by atoms with Crippen LogP contribution in [-0.4, -0.2) is 27.2 Å². The van der Waals surface area contributed by atoms with Crippen LogP contribution in [0.4, 0.5) is 5.69 Å². The third-order valence-corrected chi connectivity index (χ3v) is 3.90. The average molecular weight is 232 g/mol. The molecule has 0 amide bonds. The van der Waals surface area contributed by atoms with Gasteiger partial charge in [-0.3, -0.25) is 0 Å². The fraction of sp³-hybridized carbons (Fsp3) is 0.600. The van der Waals surface area contributed by atoms with Crippen LogP contribution in [0, 0.1) is 13.8 Å². The predicted molar refractivity (Wildman–Crippen MR) is 75.1 cm³/mol. The Kier molecular flexibility index (Phi) is 3.72. The highest BCUT2D eigenvalue weighted by Gasteiger charge is 2.19. The maximum Gasteiger partial charge on any atom is 0.0399 e. The molecule has 1 saturated heterocycles. The van der Waals surface area contributed by atoms with Gasteiger partial charge in [0.05, 0.1) is 0 Å². The van der Waals surface area contributed by atoms with Crippen molar-refractivity contribution in [2.24, 2.45) is 0 Å². The number of nitrogens with one attached hydrogen (secondary N) is 1. The van der Waals surface area contributed by atoms with Gasteiger partial charge in [0.15, 0.2) is 0 Å². The molecule has 1 N–H and O–H groups in total. The molecule has 1 heterocycles. The number of anilines is 1. The Balaban J connectivity index is 2.39. The molecule has 0 atom stereocenters. The van der Waals surface area contributed by atoms with E-state index in [4.69, 9.17) is 0 Å². The van der Waals surface area contributed by atoms with Crippen LogP contribution in [0.3, 0.4) is 0 Å². The molecule has 0 aromatic heterocycles. The van der Waals surface area contributed by atoms with Gasteiger partial charge in [0.25, 0.3) is 0 Å². The molecule has 0 bridgehead atoms. The summed E-state index contributed by atoms with van der Waals surface area (Å²) in [5.41, 5.74) is 5.76. The lowest BCUT2D eigenvalue weighted by Gasteiger charge is -2.28. The van der Waals surface area contributed by atoms with Gasteiger partial charge >= 0.3 is 0 Å². The molecule has 2 rings (SSSR count). The summed E-state index contributed by atoms with van der Waals surface area (Å²) in [5, 5.41) is 3.45. The van der Waals surface area contributed by atoms with Crippen LogP contribution in [0.2, 0.25) is 0 Å². The number of hydrogen-bond donors (Lipinski definition) is 1. The van der Waals surface area contributed by atoms with Gasteiger partial charge in [-0.05, 0) is 68.5 Å². The number of nitrogens with zero attached hydrogens (tertiary/aromatic N) is 1. The van der Waals surface area contributed by atoms with Crippen molar-refractivity contribution in [2.45, 2.75) is 32.6 Å². The molecule has 1 aromatic carbocycles. The summed E-state index contributed by atoms with van der Waals surface area (Å²) in [5.74, 6) is 0.730. The first-order chi connectivity index (χ1) is 8.09. The first-order valence-electron chi connectivity index (χ1n) is 6.59. The second-order valence-corrected chi connectivity index (χ2v) is 5.41. The Morgan fingerprint density at radius 3 is 2.24 bits per heavy atom. The van der Waals surface area contributed by atoms with Gasteiger partial charge in [0, 0.05) is 19.8 Å². The third kappa shape index (κ3) is 2.63. The van der Waals surface area contributed by atoms with Crippen molar-refractivity contribution in [2.75, 3.05) is 32.1 Å². The Morgan fingerprint density at radius 2 is 1.65 bits per heavy atom. The molecule has 17 heavy (non-hydrogen) atoms. The second kappa shape index (κ2) is 5.09. The van der Waals surface area contributed by atoms with Crippen molar-refractivity contribution in [3.05, 3.63) is 28.8 Å².